The Balaban J connectivity index is 3.03. The van der Waals surface area contributed by atoms with E-state index in [0.29, 0.717) is 5.92 Å². The van der Waals surface area contributed by atoms with E-state index < -0.39 is 0 Å². The lowest BCUT2D eigenvalue weighted by Gasteiger charge is -2.09. The van der Waals surface area contributed by atoms with Crippen molar-refractivity contribution in [1.29, 1.82) is 0 Å². The molecule has 0 unspecified atom stereocenters. The van der Waals surface area contributed by atoms with Gasteiger partial charge in [0.2, 0.25) is 5.43 Å². The van der Waals surface area contributed by atoms with Gasteiger partial charge in [0.25, 0.3) is 0 Å². The third-order valence-electron chi connectivity index (χ3n) is 3.29. The highest BCUT2D eigenvalue weighted by Gasteiger charge is 2.11. The second-order valence-corrected chi connectivity index (χ2v) is 5.14. The first-order valence-corrected chi connectivity index (χ1v) is 6.93. The number of unbranched alkanes of at least 4 members (excludes halogenated alkanes) is 3. The molecular weight excluding hydrogens is 224 g/mol. The van der Waals surface area contributed by atoms with E-state index in [1.54, 1.807) is 6.07 Å². The van der Waals surface area contributed by atoms with Crippen molar-refractivity contribution in [1.82, 2.24) is 0 Å². The number of rotatable bonds is 6. The molecule has 0 aliphatic carbocycles. The molecule has 2 nitrogen and oxygen atoms in total. The molecule has 2 heteroatoms. The highest BCUT2D eigenvalue weighted by atomic mass is 16.3. The first kappa shape index (κ1) is 14.7. The fraction of sp³-hybridized carbons (Fsp3) is 0.562. The van der Waals surface area contributed by atoms with E-state index in [2.05, 4.69) is 20.8 Å². The zero-order chi connectivity index (χ0) is 13.5. The molecule has 0 saturated carbocycles. The summed E-state index contributed by atoms with van der Waals surface area (Å²) in [5, 5.41) is 9.66. The van der Waals surface area contributed by atoms with Gasteiger partial charge < -0.3 is 5.11 Å². The highest BCUT2D eigenvalue weighted by molar-refractivity contribution is 5.34. The lowest BCUT2D eigenvalue weighted by atomic mass is 9.95. The Bertz CT molecular complexity index is 436. The normalized spacial score (nSPS) is 10.9. The van der Waals surface area contributed by atoms with Gasteiger partial charge in [0.05, 0.1) is 0 Å². The van der Waals surface area contributed by atoms with E-state index in [-0.39, 0.29) is 11.2 Å². The first-order valence-electron chi connectivity index (χ1n) is 6.93. The second-order valence-electron chi connectivity index (χ2n) is 5.14. The van der Waals surface area contributed by atoms with Gasteiger partial charge in [0, 0.05) is 5.56 Å². The zero-order valence-corrected chi connectivity index (χ0v) is 11.7. The van der Waals surface area contributed by atoms with Crippen LogP contribution in [0.3, 0.4) is 0 Å². The Hall–Kier alpha value is -1.31. The molecular formula is C16H24O2. The fourth-order valence-corrected chi connectivity index (χ4v) is 2.23. The van der Waals surface area contributed by atoms with Crippen molar-refractivity contribution in [3.05, 3.63) is 39.5 Å². The summed E-state index contributed by atoms with van der Waals surface area (Å²) < 4.78 is 0. The average molecular weight is 248 g/mol. The van der Waals surface area contributed by atoms with Gasteiger partial charge in [0.15, 0.2) is 5.75 Å². The monoisotopic (exact) mass is 248 g/mol. The minimum absolute atomic E-state index is 0.132. The quantitative estimate of drug-likeness (QED) is 0.773. The fourth-order valence-electron chi connectivity index (χ4n) is 2.23. The van der Waals surface area contributed by atoms with Crippen LogP contribution in [0.1, 0.15) is 63.5 Å². The summed E-state index contributed by atoms with van der Waals surface area (Å²) in [6.45, 7) is 6.34. The molecule has 0 amide bonds. The Morgan fingerprint density at radius 2 is 1.89 bits per heavy atom. The minimum atomic E-state index is -0.194. The van der Waals surface area contributed by atoms with E-state index in [9.17, 15) is 9.90 Å². The first-order chi connectivity index (χ1) is 8.57. The van der Waals surface area contributed by atoms with Crippen molar-refractivity contribution >= 4 is 0 Å². The van der Waals surface area contributed by atoms with Crippen LogP contribution in [0.15, 0.2) is 23.0 Å². The van der Waals surface area contributed by atoms with E-state index >= 15 is 0 Å². The molecule has 0 radical (unpaired) electrons. The third-order valence-corrected chi connectivity index (χ3v) is 3.29. The molecule has 1 N–H and O–H groups in total. The Kier molecular flexibility index (Phi) is 5.90. The van der Waals surface area contributed by atoms with Crippen LogP contribution in [0.4, 0.5) is 0 Å². The predicted molar refractivity (Wildman–Crippen MR) is 76.3 cm³/mol. The van der Waals surface area contributed by atoms with Crippen LogP contribution in [-0.2, 0) is 6.42 Å². The molecule has 0 atom stereocenters. The third kappa shape index (κ3) is 3.86. The topological polar surface area (TPSA) is 37.3 Å². The highest BCUT2D eigenvalue weighted by Crippen LogP contribution is 2.19. The lowest BCUT2D eigenvalue weighted by molar-refractivity contribution is 0.469. The molecule has 0 aromatic heterocycles. The molecule has 1 aromatic carbocycles. The SMILES string of the molecule is CCCCCCc1c(C(C)C)cccc(O)c1=O. The summed E-state index contributed by atoms with van der Waals surface area (Å²) in [5.41, 5.74) is 1.67. The number of aromatic hydroxyl groups is 1. The van der Waals surface area contributed by atoms with Crippen LogP contribution >= 0.6 is 0 Å². The maximum atomic E-state index is 12.1. The van der Waals surface area contributed by atoms with Gasteiger partial charge in [-0.1, -0.05) is 52.2 Å². The molecule has 0 spiro atoms. The van der Waals surface area contributed by atoms with Gasteiger partial charge in [-0.15, -0.1) is 0 Å². The summed E-state index contributed by atoms with van der Waals surface area (Å²) in [7, 11) is 0. The molecule has 100 valence electrons. The van der Waals surface area contributed by atoms with E-state index in [1.165, 1.54) is 18.9 Å². The van der Waals surface area contributed by atoms with Crippen molar-refractivity contribution in [2.75, 3.05) is 0 Å². The van der Waals surface area contributed by atoms with Gasteiger partial charge in [0.1, 0.15) is 0 Å². The van der Waals surface area contributed by atoms with Crippen molar-refractivity contribution in [3.8, 4) is 5.75 Å². The molecule has 0 heterocycles. The van der Waals surface area contributed by atoms with Crippen molar-refractivity contribution in [2.45, 2.75) is 58.8 Å². The summed E-state index contributed by atoms with van der Waals surface area (Å²) >= 11 is 0. The summed E-state index contributed by atoms with van der Waals surface area (Å²) in [5.74, 6) is 0.179. The van der Waals surface area contributed by atoms with Crippen LogP contribution in [0.5, 0.6) is 5.75 Å². The van der Waals surface area contributed by atoms with E-state index in [1.807, 2.05) is 6.07 Å². The van der Waals surface area contributed by atoms with Gasteiger partial charge >= 0.3 is 0 Å². The Morgan fingerprint density at radius 1 is 1.17 bits per heavy atom. The largest absolute Gasteiger partial charge is 0.504 e. The average Bonchev–Trinajstić information content (AvgIpc) is 2.47. The summed E-state index contributed by atoms with van der Waals surface area (Å²) in [6.07, 6.45) is 5.33. The van der Waals surface area contributed by atoms with Crippen molar-refractivity contribution in [3.63, 3.8) is 0 Å². The molecule has 18 heavy (non-hydrogen) atoms. The molecule has 1 rings (SSSR count). The van der Waals surface area contributed by atoms with Gasteiger partial charge in [-0.3, -0.25) is 4.79 Å². The molecule has 0 bridgehead atoms. The second kappa shape index (κ2) is 7.20. The van der Waals surface area contributed by atoms with Crippen molar-refractivity contribution < 1.29 is 5.11 Å². The standard InChI is InChI=1S/C16H24O2/c1-4-5-6-7-9-14-13(12(2)3)10-8-11-15(17)16(14)18/h8,10-12H,4-7,9H2,1-3H3,(H,17,18). The van der Waals surface area contributed by atoms with Crippen LogP contribution in [0.25, 0.3) is 0 Å². The number of hydrogen-bond donors (Lipinski definition) is 1. The zero-order valence-electron chi connectivity index (χ0n) is 11.7. The Morgan fingerprint density at radius 3 is 2.50 bits per heavy atom. The molecule has 0 aliphatic rings. The van der Waals surface area contributed by atoms with Crippen molar-refractivity contribution in [2.24, 2.45) is 0 Å². The summed E-state index contributed by atoms with van der Waals surface area (Å²) in [6, 6.07) is 5.21. The van der Waals surface area contributed by atoms with E-state index in [0.717, 1.165) is 30.4 Å². The predicted octanol–water partition coefficient (Wildman–Crippen LogP) is 4.00. The molecule has 0 saturated heterocycles. The Labute approximate surface area is 110 Å². The molecule has 0 fully saturated rings. The van der Waals surface area contributed by atoms with Crippen LogP contribution < -0.4 is 5.43 Å². The van der Waals surface area contributed by atoms with E-state index in [4.69, 9.17) is 0 Å². The minimum Gasteiger partial charge on any atom is -0.504 e. The molecule has 0 aliphatic heterocycles. The maximum absolute atomic E-state index is 12.1. The summed E-state index contributed by atoms with van der Waals surface area (Å²) in [4.78, 5) is 12.1. The van der Waals surface area contributed by atoms with Crippen LogP contribution in [0.2, 0.25) is 0 Å². The number of hydrogen-bond acceptors (Lipinski definition) is 2. The van der Waals surface area contributed by atoms with Gasteiger partial charge in [-0.05, 0) is 30.4 Å². The lowest BCUT2D eigenvalue weighted by Crippen LogP contribution is -2.10. The maximum Gasteiger partial charge on any atom is 0.223 e. The van der Waals surface area contributed by atoms with Gasteiger partial charge in [-0.2, -0.15) is 0 Å². The van der Waals surface area contributed by atoms with Crippen LogP contribution in [-0.4, -0.2) is 5.11 Å². The molecule has 1 aromatic rings. The van der Waals surface area contributed by atoms with Crippen LogP contribution in [0, 0.1) is 0 Å². The van der Waals surface area contributed by atoms with Gasteiger partial charge in [-0.25, -0.2) is 0 Å². The smallest absolute Gasteiger partial charge is 0.223 e.